The number of carbonyl (C=O) groups excluding carboxylic acids is 2. The Bertz CT molecular complexity index is 1370. The Kier molecular flexibility index (Phi) is 7.18. The van der Waals surface area contributed by atoms with Crippen LogP contribution in [0.15, 0.2) is 89.2 Å². The number of benzene rings is 3. The molecule has 0 aliphatic heterocycles. The van der Waals surface area contributed by atoms with Gasteiger partial charge < -0.3 is 9.88 Å². The second-order valence-corrected chi connectivity index (χ2v) is 9.17. The normalized spacial score (nSPS) is 12.4. The third-order valence-corrected chi connectivity index (χ3v) is 6.64. The van der Waals surface area contributed by atoms with E-state index in [2.05, 4.69) is 10.3 Å². The lowest BCUT2D eigenvalue weighted by Crippen LogP contribution is -2.26. The van der Waals surface area contributed by atoms with E-state index in [0.29, 0.717) is 22.5 Å². The van der Waals surface area contributed by atoms with Gasteiger partial charge in [-0.25, -0.2) is 0 Å². The van der Waals surface area contributed by atoms with Crippen molar-refractivity contribution in [1.29, 1.82) is 0 Å². The van der Waals surface area contributed by atoms with E-state index in [1.54, 1.807) is 6.07 Å². The zero-order chi connectivity index (χ0) is 24.1. The molecular weight excluding hydrogens is 442 g/mol. The van der Waals surface area contributed by atoms with Crippen molar-refractivity contribution in [2.24, 2.45) is 4.99 Å². The molecule has 0 bridgehead atoms. The molecule has 4 rings (SSSR count). The molecule has 1 atom stereocenters. The Morgan fingerprint density at radius 1 is 0.941 bits per heavy atom. The fraction of sp³-hybridized carbons (Fsp3) is 0.179. The molecule has 5 nitrogen and oxygen atoms in total. The van der Waals surface area contributed by atoms with Crippen molar-refractivity contribution in [2.45, 2.75) is 33.4 Å². The smallest absolute Gasteiger partial charge is 0.279 e. The van der Waals surface area contributed by atoms with Crippen molar-refractivity contribution >= 4 is 23.2 Å². The first-order valence-electron chi connectivity index (χ1n) is 11.2. The fourth-order valence-corrected chi connectivity index (χ4v) is 4.55. The molecule has 1 N–H and O–H groups in total. The van der Waals surface area contributed by atoms with Gasteiger partial charge in [-0.15, -0.1) is 11.3 Å². The third kappa shape index (κ3) is 5.58. The maximum atomic E-state index is 12.7. The van der Waals surface area contributed by atoms with Crippen LogP contribution < -0.4 is 10.1 Å². The highest BCUT2D eigenvalue weighted by molar-refractivity contribution is 7.07. The average Bonchev–Trinajstić information content (AvgIpc) is 3.18. The summed E-state index contributed by atoms with van der Waals surface area (Å²) in [5.74, 6) is -0.361. The van der Waals surface area contributed by atoms with Crippen LogP contribution >= 0.6 is 11.3 Å². The summed E-state index contributed by atoms with van der Waals surface area (Å²) in [6, 6.07) is 24.8. The van der Waals surface area contributed by atoms with Crippen LogP contribution in [0.4, 0.5) is 0 Å². The van der Waals surface area contributed by atoms with Gasteiger partial charge in [-0.1, -0.05) is 60.2 Å². The second-order valence-electron chi connectivity index (χ2n) is 8.33. The fourth-order valence-electron chi connectivity index (χ4n) is 3.67. The summed E-state index contributed by atoms with van der Waals surface area (Å²) in [5, 5.41) is 5.04. The van der Waals surface area contributed by atoms with E-state index in [1.807, 2.05) is 104 Å². The number of amides is 2. The monoisotopic (exact) mass is 469 g/mol. The summed E-state index contributed by atoms with van der Waals surface area (Å²) in [5.41, 5.74) is 5.33. The number of rotatable bonds is 6. The molecule has 0 unspecified atom stereocenters. The molecule has 0 fully saturated rings. The number of hydrogen-bond donors (Lipinski definition) is 1. The maximum absolute atomic E-state index is 12.7. The summed E-state index contributed by atoms with van der Waals surface area (Å²) in [4.78, 5) is 30.4. The first kappa shape index (κ1) is 23.4. The van der Waals surface area contributed by atoms with Crippen molar-refractivity contribution < 1.29 is 9.59 Å². The standard InChI is InChI=1S/C28H27N3O2S/c1-19-8-7-11-25(16-19)27(33)30-28-31(20(2)18-34-28)17-22-12-14-24(15-13-22)26(32)29-21(3)23-9-5-4-6-10-23/h4-16,18,21H,17H2,1-3H3,(H,29,32)/t21-/m0/s1. The Balaban J connectivity index is 1.48. The van der Waals surface area contributed by atoms with Gasteiger partial charge in [0.2, 0.25) is 0 Å². The Hall–Kier alpha value is -3.77. The van der Waals surface area contributed by atoms with Crippen molar-refractivity contribution in [3.63, 3.8) is 0 Å². The van der Waals surface area contributed by atoms with Gasteiger partial charge in [0.05, 0.1) is 12.6 Å². The molecule has 1 aromatic heterocycles. The topological polar surface area (TPSA) is 63.5 Å². The van der Waals surface area contributed by atoms with Crippen LogP contribution in [0.25, 0.3) is 0 Å². The lowest BCUT2D eigenvalue weighted by Gasteiger charge is -2.14. The van der Waals surface area contributed by atoms with Gasteiger partial charge >= 0.3 is 0 Å². The van der Waals surface area contributed by atoms with Crippen molar-refractivity contribution in [2.75, 3.05) is 0 Å². The van der Waals surface area contributed by atoms with E-state index >= 15 is 0 Å². The highest BCUT2D eigenvalue weighted by atomic mass is 32.1. The molecule has 0 aliphatic rings. The molecule has 1 heterocycles. The zero-order valence-corrected chi connectivity index (χ0v) is 20.3. The van der Waals surface area contributed by atoms with Gasteiger partial charge in [0.25, 0.3) is 11.8 Å². The molecule has 0 saturated carbocycles. The number of carbonyl (C=O) groups is 2. The molecule has 3 aromatic carbocycles. The molecule has 172 valence electrons. The van der Waals surface area contributed by atoms with Gasteiger partial charge in [-0.05, 0) is 56.2 Å². The lowest BCUT2D eigenvalue weighted by atomic mass is 10.1. The highest BCUT2D eigenvalue weighted by Gasteiger charge is 2.12. The maximum Gasteiger partial charge on any atom is 0.279 e. The quantitative estimate of drug-likeness (QED) is 0.408. The van der Waals surface area contributed by atoms with Crippen LogP contribution in [0.5, 0.6) is 0 Å². The number of aromatic nitrogens is 1. The van der Waals surface area contributed by atoms with Crippen molar-refractivity contribution in [1.82, 2.24) is 9.88 Å². The summed E-state index contributed by atoms with van der Waals surface area (Å²) in [6.07, 6.45) is 0. The van der Waals surface area contributed by atoms with Crippen LogP contribution in [0, 0.1) is 13.8 Å². The first-order valence-corrected chi connectivity index (χ1v) is 12.0. The largest absolute Gasteiger partial charge is 0.346 e. The van der Waals surface area contributed by atoms with Crippen LogP contribution in [-0.2, 0) is 6.54 Å². The summed E-state index contributed by atoms with van der Waals surface area (Å²) >= 11 is 1.45. The molecule has 34 heavy (non-hydrogen) atoms. The van der Waals surface area contributed by atoms with Crippen molar-refractivity contribution in [3.05, 3.63) is 123 Å². The van der Waals surface area contributed by atoms with E-state index in [-0.39, 0.29) is 17.9 Å². The summed E-state index contributed by atoms with van der Waals surface area (Å²) < 4.78 is 2.02. The molecule has 0 saturated heterocycles. The van der Waals surface area contributed by atoms with E-state index in [0.717, 1.165) is 22.4 Å². The molecule has 0 spiro atoms. The van der Waals surface area contributed by atoms with Crippen molar-refractivity contribution in [3.8, 4) is 0 Å². The SMILES string of the molecule is Cc1cccc(C(=O)N=c2scc(C)n2Cc2ccc(C(=O)N[C@@H](C)c3ccccc3)cc2)c1. The zero-order valence-electron chi connectivity index (χ0n) is 19.5. The van der Waals surface area contributed by atoms with Crippen LogP contribution in [0.2, 0.25) is 0 Å². The number of thiazole rings is 1. The Morgan fingerprint density at radius 3 is 2.38 bits per heavy atom. The van der Waals surface area contributed by atoms with Gasteiger partial charge in [-0.2, -0.15) is 4.99 Å². The predicted molar refractivity (Wildman–Crippen MR) is 136 cm³/mol. The average molecular weight is 470 g/mol. The molecule has 0 aliphatic carbocycles. The van der Waals surface area contributed by atoms with E-state index in [9.17, 15) is 9.59 Å². The molecule has 0 radical (unpaired) electrons. The number of hydrogen-bond acceptors (Lipinski definition) is 3. The minimum atomic E-state index is -0.251. The molecule has 6 heteroatoms. The lowest BCUT2D eigenvalue weighted by molar-refractivity contribution is 0.0938. The van der Waals surface area contributed by atoms with Gasteiger partial charge in [-0.3, -0.25) is 9.59 Å². The van der Waals surface area contributed by atoms with Gasteiger partial charge in [0.15, 0.2) is 4.80 Å². The van der Waals surface area contributed by atoms with E-state index < -0.39 is 0 Å². The Morgan fingerprint density at radius 2 is 1.68 bits per heavy atom. The summed E-state index contributed by atoms with van der Waals surface area (Å²) in [6.45, 7) is 6.50. The van der Waals surface area contributed by atoms with Crippen LogP contribution in [0.1, 0.15) is 56.1 Å². The number of nitrogens with zero attached hydrogens (tertiary/aromatic N) is 2. The van der Waals surface area contributed by atoms with Gasteiger partial charge in [0.1, 0.15) is 0 Å². The molecular formula is C28H27N3O2S. The molecule has 2 amide bonds. The van der Waals surface area contributed by atoms with Crippen LogP contribution in [-0.4, -0.2) is 16.4 Å². The van der Waals surface area contributed by atoms with E-state index in [1.165, 1.54) is 11.3 Å². The minimum Gasteiger partial charge on any atom is -0.346 e. The van der Waals surface area contributed by atoms with Crippen LogP contribution in [0.3, 0.4) is 0 Å². The predicted octanol–water partition coefficient (Wildman–Crippen LogP) is 5.45. The third-order valence-electron chi connectivity index (χ3n) is 5.66. The van der Waals surface area contributed by atoms with E-state index in [4.69, 9.17) is 0 Å². The first-order chi connectivity index (χ1) is 16.4. The van der Waals surface area contributed by atoms with Gasteiger partial charge in [0, 0.05) is 22.2 Å². The highest BCUT2D eigenvalue weighted by Crippen LogP contribution is 2.14. The second kappa shape index (κ2) is 10.4. The molecule has 4 aromatic rings. The number of aryl methyl sites for hydroxylation is 2. The number of nitrogens with one attached hydrogen (secondary N) is 1. The Labute approximate surface area is 203 Å². The summed E-state index contributed by atoms with van der Waals surface area (Å²) in [7, 11) is 0. The minimum absolute atomic E-state index is 0.0764.